The molecule has 28 heavy (non-hydrogen) atoms. The van der Waals surface area contributed by atoms with E-state index < -0.39 is 18.2 Å². The number of hydrogen-bond donors (Lipinski definition) is 2. The fraction of sp³-hybridized carbons (Fsp3) is 0.727. The zero-order valence-corrected chi connectivity index (χ0v) is 18.1. The third kappa shape index (κ3) is 15.4. The highest BCUT2D eigenvalue weighted by atomic mass is 16.7. The van der Waals surface area contributed by atoms with Crippen LogP contribution < -0.4 is 10.6 Å². The summed E-state index contributed by atoms with van der Waals surface area (Å²) in [7, 11) is 0. The molecule has 0 fully saturated rings. The quantitative estimate of drug-likeness (QED) is 0.158. The Balaban J connectivity index is 3.80. The number of carbonyl (C=O) groups is 2. The Kier molecular flexibility index (Phi) is 16.4. The summed E-state index contributed by atoms with van der Waals surface area (Å²) in [5, 5.41) is 6.84. The van der Waals surface area contributed by atoms with Crippen LogP contribution in [0.5, 0.6) is 0 Å². The lowest BCUT2D eigenvalue weighted by atomic mass is 10.2. The van der Waals surface area contributed by atoms with Gasteiger partial charge in [0.1, 0.15) is 0 Å². The number of ether oxygens (including phenoxy) is 2. The fourth-order valence-electron chi connectivity index (χ4n) is 2.38. The molecule has 0 heterocycles. The second kappa shape index (κ2) is 17.4. The van der Waals surface area contributed by atoms with Crippen molar-refractivity contribution in [3.63, 3.8) is 0 Å². The number of carbonyl (C=O) groups excluding carboxylic acids is 2. The molecular formula is C22H40N2O4. The summed E-state index contributed by atoms with van der Waals surface area (Å²) in [5.41, 5.74) is 0.546. The first-order valence-corrected chi connectivity index (χ1v) is 10.5. The molecule has 0 aliphatic rings. The van der Waals surface area contributed by atoms with Crippen molar-refractivity contribution in [2.24, 2.45) is 0 Å². The van der Waals surface area contributed by atoms with Crippen molar-refractivity contribution in [2.45, 2.75) is 78.4 Å². The van der Waals surface area contributed by atoms with Crippen molar-refractivity contribution in [3.8, 4) is 0 Å². The first-order valence-electron chi connectivity index (χ1n) is 10.5. The number of nitrogens with one attached hydrogen (secondary N) is 2. The molecule has 0 radical (unpaired) electrons. The molecule has 0 saturated heterocycles. The van der Waals surface area contributed by atoms with Crippen LogP contribution in [0.15, 0.2) is 24.3 Å². The van der Waals surface area contributed by atoms with Gasteiger partial charge in [0.15, 0.2) is 0 Å². The van der Waals surface area contributed by atoms with Gasteiger partial charge in [0.2, 0.25) is 6.29 Å². The summed E-state index contributed by atoms with van der Waals surface area (Å²) in [6.45, 7) is 16.4. The van der Waals surface area contributed by atoms with Gasteiger partial charge in [-0.05, 0) is 65.7 Å². The van der Waals surface area contributed by atoms with Crippen LogP contribution in [0.2, 0.25) is 0 Å². The summed E-state index contributed by atoms with van der Waals surface area (Å²) in [4.78, 5) is 23.4. The molecule has 0 aromatic heterocycles. The predicted octanol–water partition coefficient (Wildman–Crippen LogP) is 3.87. The molecular weight excluding hydrogens is 356 g/mol. The zero-order valence-electron chi connectivity index (χ0n) is 18.1. The van der Waals surface area contributed by atoms with Gasteiger partial charge in [-0.3, -0.25) is 0 Å². The second-order valence-electron chi connectivity index (χ2n) is 7.21. The van der Waals surface area contributed by atoms with Gasteiger partial charge >= 0.3 is 11.9 Å². The average molecular weight is 397 g/mol. The first kappa shape index (κ1) is 26.3. The van der Waals surface area contributed by atoms with E-state index in [0.717, 1.165) is 39.0 Å². The molecule has 6 heteroatoms. The van der Waals surface area contributed by atoms with E-state index in [1.165, 1.54) is 32.1 Å². The molecule has 0 amide bonds. The Morgan fingerprint density at radius 1 is 0.750 bits per heavy atom. The van der Waals surface area contributed by atoms with Gasteiger partial charge in [-0.25, -0.2) is 9.59 Å². The molecule has 0 unspecified atom stereocenters. The SMILES string of the molecule is C=C(C)C(=O)OC(CCCNCCCCCCNCCCC)OC(=O)C(=C)C. The van der Waals surface area contributed by atoms with Crippen molar-refractivity contribution in [1.82, 2.24) is 10.6 Å². The number of esters is 2. The van der Waals surface area contributed by atoms with Crippen molar-refractivity contribution < 1.29 is 19.1 Å². The molecule has 0 rings (SSSR count). The molecule has 0 aromatic rings. The second-order valence-corrected chi connectivity index (χ2v) is 7.21. The van der Waals surface area contributed by atoms with E-state index in [0.29, 0.717) is 6.42 Å². The molecule has 0 aliphatic carbocycles. The van der Waals surface area contributed by atoms with Gasteiger partial charge in [-0.15, -0.1) is 0 Å². The predicted molar refractivity (Wildman–Crippen MR) is 114 cm³/mol. The largest absolute Gasteiger partial charge is 0.422 e. The van der Waals surface area contributed by atoms with Crippen LogP contribution in [0, 0.1) is 0 Å². The van der Waals surface area contributed by atoms with E-state index in [2.05, 4.69) is 30.7 Å². The van der Waals surface area contributed by atoms with Gasteiger partial charge in [-0.1, -0.05) is 39.3 Å². The summed E-state index contributed by atoms with van der Waals surface area (Å²) in [6.07, 6.45) is 7.61. The molecule has 2 N–H and O–H groups in total. The lowest BCUT2D eigenvalue weighted by Crippen LogP contribution is -2.27. The topological polar surface area (TPSA) is 76.7 Å². The normalized spacial score (nSPS) is 10.7. The molecule has 0 spiro atoms. The monoisotopic (exact) mass is 396 g/mol. The molecule has 0 aromatic carbocycles. The Morgan fingerprint density at radius 2 is 1.18 bits per heavy atom. The van der Waals surface area contributed by atoms with E-state index in [1.54, 1.807) is 13.8 Å². The molecule has 6 nitrogen and oxygen atoms in total. The van der Waals surface area contributed by atoms with E-state index in [-0.39, 0.29) is 11.1 Å². The van der Waals surface area contributed by atoms with Crippen molar-refractivity contribution in [2.75, 3.05) is 26.2 Å². The minimum atomic E-state index is -0.907. The molecule has 0 saturated carbocycles. The van der Waals surface area contributed by atoms with Crippen molar-refractivity contribution >= 4 is 11.9 Å². The molecule has 0 bridgehead atoms. The first-order chi connectivity index (χ1) is 13.4. The number of hydrogen-bond acceptors (Lipinski definition) is 6. The maximum atomic E-state index is 11.7. The smallest absolute Gasteiger partial charge is 0.336 e. The maximum Gasteiger partial charge on any atom is 0.336 e. The highest BCUT2D eigenvalue weighted by Gasteiger charge is 2.19. The zero-order chi connectivity index (χ0) is 21.2. The van der Waals surface area contributed by atoms with Crippen LogP contribution in [0.1, 0.15) is 72.1 Å². The van der Waals surface area contributed by atoms with E-state index in [9.17, 15) is 9.59 Å². The highest BCUT2D eigenvalue weighted by molar-refractivity contribution is 5.88. The maximum absolute atomic E-state index is 11.7. The van der Waals surface area contributed by atoms with Crippen LogP contribution in [0.4, 0.5) is 0 Å². The van der Waals surface area contributed by atoms with Gasteiger partial charge in [-0.2, -0.15) is 0 Å². The highest BCUT2D eigenvalue weighted by Crippen LogP contribution is 2.10. The third-order valence-electron chi connectivity index (χ3n) is 4.13. The molecule has 0 aliphatic heterocycles. The van der Waals surface area contributed by atoms with Gasteiger partial charge < -0.3 is 20.1 Å². The Morgan fingerprint density at radius 3 is 1.61 bits per heavy atom. The van der Waals surface area contributed by atoms with Gasteiger partial charge in [0.25, 0.3) is 0 Å². The van der Waals surface area contributed by atoms with Crippen molar-refractivity contribution in [1.29, 1.82) is 0 Å². The Hall–Kier alpha value is -1.66. The van der Waals surface area contributed by atoms with Crippen LogP contribution in [0.3, 0.4) is 0 Å². The number of unbranched alkanes of at least 4 members (excludes halogenated alkanes) is 4. The van der Waals surface area contributed by atoms with E-state index in [1.807, 2.05) is 0 Å². The van der Waals surface area contributed by atoms with Crippen LogP contribution >= 0.6 is 0 Å². The Labute approximate surface area is 171 Å². The summed E-state index contributed by atoms with van der Waals surface area (Å²) in [6, 6.07) is 0. The Bertz CT molecular complexity index is 449. The van der Waals surface area contributed by atoms with Gasteiger partial charge in [0.05, 0.1) is 0 Å². The standard InChI is InChI=1S/C22H40N2O4/c1-6-7-14-23-15-10-8-9-11-16-24-17-12-13-20(27-21(25)18(2)3)28-22(26)19(4)5/h20,23-24H,2,4,6-17H2,1,3,5H3. The minimum Gasteiger partial charge on any atom is -0.422 e. The molecule has 0 atom stereocenters. The number of rotatable bonds is 18. The lowest BCUT2D eigenvalue weighted by Gasteiger charge is -2.18. The summed E-state index contributed by atoms with van der Waals surface area (Å²) in [5.74, 6) is -1.12. The van der Waals surface area contributed by atoms with Crippen molar-refractivity contribution in [3.05, 3.63) is 24.3 Å². The van der Waals surface area contributed by atoms with Crippen LogP contribution in [0.25, 0.3) is 0 Å². The van der Waals surface area contributed by atoms with Crippen LogP contribution in [-0.4, -0.2) is 44.4 Å². The fourth-order valence-corrected chi connectivity index (χ4v) is 2.38. The van der Waals surface area contributed by atoms with Crippen LogP contribution in [-0.2, 0) is 19.1 Å². The molecule has 162 valence electrons. The summed E-state index contributed by atoms with van der Waals surface area (Å²) >= 11 is 0. The third-order valence-corrected chi connectivity index (χ3v) is 4.13. The van der Waals surface area contributed by atoms with Gasteiger partial charge in [0, 0.05) is 17.6 Å². The minimum absolute atomic E-state index is 0.273. The lowest BCUT2D eigenvalue weighted by molar-refractivity contribution is -0.183. The van der Waals surface area contributed by atoms with E-state index >= 15 is 0 Å². The average Bonchev–Trinajstić information content (AvgIpc) is 2.64. The van der Waals surface area contributed by atoms with E-state index in [4.69, 9.17) is 9.47 Å². The summed E-state index contributed by atoms with van der Waals surface area (Å²) < 4.78 is 10.4.